The second-order valence-electron chi connectivity index (χ2n) is 4.97. The minimum Gasteiger partial charge on any atom is -0.492 e. The van der Waals surface area contributed by atoms with Gasteiger partial charge in [-0.25, -0.2) is 0 Å². The molecule has 24 heavy (non-hydrogen) atoms. The molecular weight excluding hydrogens is 308 g/mol. The average Bonchev–Trinajstić information content (AvgIpc) is 2.87. The van der Waals surface area contributed by atoms with Crippen molar-refractivity contribution in [2.45, 2.75) is 20.3 Å². The highest BCUT2D eigenvalue weighted by Gasteiger charge is 2.20. The minimum absolute atomic E-state index is 0.0504. The summed E-state index contributed by atoms with van der Waals surface area (Å²) in [5.74, 6) is -1.31. The molecule has 0 aliphatic carbocycles. The Kier molecular flexibility index (Phi) is 5.62. The molecule has 1 aromatic heterocycles. The normalized spacial score (nSPS) is 12.3. The summed E-state index contributed by atoms with van der Waals surface area (Å²) in [7, 11) is 0. The fourth-order valence-corrected chi connectivity index (χ4v) is 1.96. The number of hydrogen-bond acceptors (Lipinski definition) is 5. The SMILES string of the molecule is C/C=C\C=C(/C)N=Nc1c(CC(=O)O)nn(-c2ccccc2)c1O. The maximum Gasteiger partial charge on any atom is 0.309 e. The van der Waals surface area contributed by atoms with Gasteiger partial charge in [-0.1, -0.05) is 30.4 Å². The lowest BCUT2D eigenvalue weighted by atomic mass is 10.3. The summed E-state index contributed by atoms with van der Waals surface area (Å²) < 4.78 is 1.25. The van der Waals surface area contributed by atoms with Crippen LogP contribution in [0.2, 0.25) is 0 Å². The Morgan fingerprint density at radius 2 is 2.04 bits per heavy atom. The van der Waals surface area contributed by atoms with Gasteiger partial charge in [-0.15, -0.1) is 5.11 Å². The summed E-state index contributed by atoms with van der Waals surface area (Å²) in [6, 6.07) is 8.90. The van der Waals surface area contributed by atoms with Crippen LogP contribution in [0.1, 0.15) is 19.5 Å². The number of benzene rings is 1. The number of carboxylic acid groups (broad SMARTS) is 1. The quantitative estimate of drug-likeness (QED) is 0.623. The predicted molar refractivity (Wildman–Crippen MR) is 89.7 cm³/mol. The van der Waals surface area contributed by atoms with Crippen LogP contribution in [0, 0.1) is 0 Å². The fraction of sp³-hybridized carbons (Fsp3) is 0.176. The second-order valence-corrected chi connectivity index (χ2v) is 4.97. The molecule has 0 aliphatic heterocycles. The highest BCUT2D eigenvalue weighted by atomic mass is 16.4. The van der Waals surface area contributed by atoms with Crippen molar-refractivity contribution in [1.82, 2.24) is 9.78 Å². The average molecular weight is 326 g/mol. The van der Waals surface area contributed by atoms with E-state index in [9.17, 15) is 9.90 Å². The summed E-state index contributed by atoms with van der Waals surface area (Å²) in [6.45, 7) is 3.63. The van der Waals surface area contributed by atoms with Gasteiger partial charge in [-0.2, -0.15) is 14.9 Å². The van der Waals surface area contributed by atoms with Gasteiger partial charge >= 0.3 is 5.97 Å². The van der Waals surface area contributed by atoms with Gasteiger partial charge in [0.1, 0.15) is 5.69 Å². The van der Waals surface area contributed by atoms with Crippen LogP contribution in [0.4, 0.5) is 5.69 Å². The zero-order chi connectivity index (χ0) is 17.5. The Bertz CT molecular complexity index is 805. The second kappa shape index (κ2) is 7.87. The van der Waals surface area contributed by atoms with E-state index in [0.29, 0.717) is 11.4 Å². The Balaban J connectivity index is 2.47. The first kappa shape index (κ1) is 17.1. The molecule has 0 spiro atoms. The topological polar surface area (TPSA) is 100 Å². The number of rotatable bonds is 6. The summed E-state index contributed by atoms with van der Waals surface area (Å²) >= 11 is 0. The van der Waals surface area contributed by atoms with E-state index in [4.69, 9.17) is 5.11 Å². The van der Waals surface area contributed by atoms with E-state index in [0.717, 1.165) is 0 Å². The van der Waals surface area contributed by atoms with Crippen molar-refractivity contribution in [3.05, 3.63) is 60.0 Å². The smallest absolute Gasteiger partial charge is 0.309 e. The molecule has 1 aromatic carbocycles. The summed E-state index contributed by atoms with van der Waals surface area (Å²) in [6.07, 6.45) is 5.04. The summed E-state index contributed by atoms with van der Waals surface area (Å²) in [5, 5.41) is 31.6. The van der Waals surface area contributed by atoms with E-state index >= 15 is 0 Å². The molecule has 0 amide bonds. The number of carboxylic acids is 1. The van der Waals surface area contributed by atoms with Crippen molar-refractivity contribution in [2.75, 3.05) is 0 Å². The van der Waals surface area contributed by atoms with Gasteiger partial charge in [-0.3, -0.25) is 4.79 Å². The molecule has 0 saturated carbocycles. The zero-order valence-electron chi connectivity index (χ0n) is 13.4. The summed E-state index contributed by atoms with van der Waals surface area (Å²) in [5.41, 5.74) is 1.41. The molecule has 2 rings (SSSR count). The Morgan fingerprint density at radius 1 is 1.33 bits per heavy atom. The third-order valence-corrected chi connectivity index (χ3v) is 3.06. The number of aromatic hydroxyl groups is 1. The molecule has 2 aromatic rings. The van der Waals surface area contributed by atoms with Crippen LogP contribution in [0.25, 0.3) is 5.69 Å². The minimum atomic E-state index is -1.06. The molecule has 0 aliphatic rings. The fourth-order valence-electron chi connectivity index (χ4n) is 1.96. The van der Waals surface area contributed by atoms with Gasteiger partial charge in [0.05, 0.1) is 17.8 Å². The maximum atomic E-state index is 11.0. The van der Waals surface area contributed by atoms with Crippen molar-refractivity contribution >= 4 is 11.7 Å². The molecule has 0 atom stereocenters. The molecule has 124 valence electrons. The molecule has 7 heteroatoms. The van der Waals surface area contributed by atoms with E-state index in [-0.39, 0.29) is 23.7 Å². The first-order valence-electron chi connectivity index (χ1n) is 7.32. The van der Waals surface area contributed by atoms with Gasteiger partial charge in [0.25, 0.3) is 0 Å². The van der Waals surface area contributed by atoms with Crippen molar-refractivity contribution in [2.24, 2.45) is 10.2 Å². The Hall–Kier alpha value is -3.22. The zero-order valence-corrected chi connectivity index (χ0v) is 13.4. The maximum absolute atomic E-state index is 11.0. The van der Waals surface area contributed by atoms with E-state index in [1.54, 1.807) is 43.3 Å². The Morgan fingerprint density at radius 3 is 2.67 bits per heavy atom. The van der Waals surface area contributed by atoms with Crippen LogP contribution in [0.3, 0.4) is 0 Å². The molecule has 0 unspecified atom stereocenters. The standard InChI is InChI=1S/C17H18N4O3/c1-3-4-8-12(2)18-19-16-14(11-15(22)23)20-21(17(16)24)13-9-6-5-7-10-13/h3-10,24H,11H2,1-2H3,(H,22,23)/b4-3-,12-8+,19-18?. The van der Waals surface area contributed by atoms with Gasteiger partial charge in [-0.05, 0) is 32.1 Å². The molecule has 0 fully saturated rings. The molecule has 7 nitrogen and oxygen atoms in total. The number of aliphatic carboxylic acids is 1. The highest BCUT2D eigenvalue weighted by molar-refractivity contribution is 5.73. The van der Waals surface area contributed by atoms with Crippen LogP contribution in [-0.2, 0) is 11.2 Å². The first-order chi connectivity index (χ1) is 11.5. The van der Waals surface area contributed by atoms with Crippen molar-refractivity contribution < 1.29 is 15.0 Å². The largest absolute Gasteiger partial charge is 0.492 e. The lowest BCUT2D eigenvalue weighted by Gasteiger charge is -2.01. The molecule has 0 saturated heterocycles. The van der Waals surface area contributed by atoms with Crippen LogP contribution in [0.15, 0.2) is 64.5 Å². The van der Waals surface area contributed by atoms with Crippen LogP contribution >= 0.6 is 0 Å². The molecule has 1 heterocycles. The number of hydrogen-bond donors (Lipinski definition) is 2. The van der Waals surface area contributed by atoms with E-state index in [2.05, 4.69) is 15.3 Å². The van der Waals surface area contributed by atoms with E-state index in [1.165, 1.54) is 4.68 Å². The van der Waals surface area contributed by atoms with Crippen LogP contribution < -0.4 is 0 Å². The summed E-state index contributed by atoms with van der Waals surface area (Å²) in [4.78, 5) is 11.0. The predicted octanol–water partition coefficient (Wildman–Crippen LogP) is 3.77. The van der Waals surface area contributed by atoms with E-state index < -0.39 is 5.97 Å². The monoisotopic (exact) mass is 326 g/mol. The number of carbonyl (C=O) groups is 1. The highest BCUT2D eigenvalue weighted by Crippen LogP contribution is 2.33. The number of para-hydroxylation sites is 1. The van der Waals surface area contributed by atoms with Crippen LogP contribution in [-0.4, -0.2) is 26.0 Å². The van der Waals surface area contributed by atoms with Gasteiger partial charge in [0, 0.05) is 0 Å². The van der Waals surface area contributed by atoms with Gasteiger partial charge < -0.3 is 10.2 Å². The van der Waals surface area contributed by atoms with Crippen molar-refractivity contribution in [3.8, 4) is 11.6 Å². The number of nitrogens with zero attached hydrogens (tertiary/aromatic N) is 4. The van der Waals surface area contributed by atoms with E-state index in [1.807, 2.05) is 19.1 Å². The Labute approximate surface area is 139 Å². The lowest BCUT2D eigenvalue weighted by Crippen LogP contribution is -2.02. The third kappa shape index (κ3) is 4.16. The molecule has 0 bridgehead atoms. The molecular formula is C17H18N4O3. The van der Waals surface area contributed by atoms with Gasteiger partial charge in [0.2, 0.25) is 5.88 Å². The number of azo groups is 1. The van der Waals surface area contributed by atoms with Crippen molar-refractivity contribution in [1.29, 1.82) is 0 Å². The number of allylic oxidation sites excluding steroid dienone is 4. The first-order valence-corrected chi connectivity index (χ1v) is 7.32. The van der Waals surface area contributed by atoms with Crippen molar-refractivity contribution in [3.63, 3.8) is 0 Å². The molecule has 2 N–H and O–H groups in total. The molecule has 0 radical (unpaired) electrons. The third-order valence-electron chi connectivity index (χ3n) is 3.06. The number of aromatic nitrogens is 2. The lowest BCUT2D eigenvalue weighted by molar-refractivity contribution is -0.136. The van der Waals surface area contributed by atoms with Crippen LogP contribution in [0.5, 0.6) is 5.88 Å². The van der Waals surface area contributed by atoms with Gasteiger partial charge in [0.15, 0.2) is 5.69 Å².